The van der Waals surface area contributed by atoms with Gasteiger partial charge in [-0.2, -0.15) is 0 Å². The maximum atomic E-state index is 14.6. The van der Waals surface area contributed by atoms with E-state index < -0.39 is 0 Å². The molecule has 0 radical (unpaired) electrons. The van der Waals surface area contributed by atoms with Gasteiger partial charge in [-0.05, 0) is 47.2 Å². The first kappa shape index (κ1) is 21.2. The average molecular weight is 393 g/mol. The molecule has 0 unspecified atom stereocenters. The number of carbonyl (C=O) groups is 1. The van der Waals surface area contributed by atoms with Gasteiger partial charge in [0.05, 0.1) is 5.69 Å². The summed E-state index contributed by atoms with van der Waals surface area (Å²) in [5, 5.41) is 5.84. The van der Waals surface area contributed by atoms with Gasteiger partial charge >= 0.3 is 0 Å². The van der Waals surface area contributed by atoms with Crippen LogP contribution in [0.2, 0.25) is 0 Å². The Balaban J connectivity index is 0.00000261. The normalized spacial score (nSPS) is 13.3. The maximum Gasteiger partial charge on any atom is 0.262 e. The Hall–Kier alpha value is -2.11. The molecule has 2 aromatic rings. The molecule has 0 bridgehead atoms. The standard InChI is InChI=1S/C21H25FN2O2.ClH/c1-21(2,3)16-6-4-5-7-18(16)26-13-19(25)24-17-9-8-14-12-23-11-10-15(14)20(17)22;/h4-9,23H,10-13H2,1-3H3,(H,24,25);1H. The van der Waals surface area contributed by atoms with Gasteiger partial charge in [-0.1, -0.05) is 45.0 Å². The van der Waals surface area contributed by atoms with Crippen LogP contribution in [0.15, 0.2) is 36.4 Å². The van der Waals surface area contributed by atoms with Gasteiger partial charge in [0.1, 0.15) is 11.6 Å². The van der Waals surface area contributed by atoms with Crippen LogP contribution in [0, 0.1) is 5.82 Å². The first-order valence-electron chi connectivity index (χ1n) is 8.89. The Morgan fingerprint density at radius 1 is 1.22 bits per heavy atom. The number of hydrogen-bond acceptors (Lipinski definition) is 3. The smallest absolute Gasteiger partial charge is 0.262 e. The summed E-state index contributed by atoms with van der Waals surface area (Å²) in [7, 11) is 0. The highest BCUT2D eigenvalue weighted by Gasteiger charge is 2.20. The number of carbonyl (C=O) groups excluding carboxylic acids is 1. The fourth-order valence-corrected chi connectivity index (χ4v) is 3.17. The minimum absolute atomic E-state index is 0. The van der Waals surface area contributed by atoms with Gasteiger partial charge in [0, 0.05) is 6.54 Å². The van der Waals surface area contributed by atoms with E-state index in [4.69, 9.17) is 4.74 Å². The zero-order valence-electron chi connectivity index (χ0n) is 15.9. The SMILES string of the molecule is CC(C)(C)c1ccccc1OCC(=O)Nc1ccc2c(c1F)CCNC2.Cl. The van der Waals surface area contributed by atoms with Crippen LogP contribution >= 0.6 is 12.4 Å². The molecular weight excluding hydrogens is 367 g/mol. The molecule has 1 aliphatic rings. The monoisotopic (exact) mass is 392 g/mol. The van der Waals surface area contributed by atoms with Crippen molar-refractivity contribution in [1.29, 1.82) is 0 Å². The van der Waals surface area contributed by atoms with E-state index in [1.807, 2.05) is 30.3 Å². The fourth-order valence-electron chi connectivity index (χ4n) is 3.17. The third-order valence-electron chi connectivity index (χ3n) is 4.54. The van der Waals surface area contributed by atoms with Crippen molar-refractivity contribution >= 4 is 24.0 Å². The topological polar surface area (TPSA) is 50.4 Å². The zero-order chi connectivity index (χ0) is 18.7. The van der Waals surface area contributed by atoms with E-state index in [9.17, 15) is 9.18 Å². The number of amides is 1. The van der Waals surface area contributed by atoms with Crippen LogP contribution in [0.3, 0.4) is 0 Å². The summed E-state index contributed by atoms with van der Waals surface area (Å²) in [6.45, 7) is 7.51. The summed E-state index contributed by atoms with van der Waals surface area (Å²) in [5.41, 5.74) is 2.78. The average Bonchev–Trinajstić information content (AvgIpc) is 2.62. The van der Waals surface area contributed by atoms with Crippen LogP contribution in [0.1, 0.15) is 37.5 Å². The predicted octanol–water partition coefficient (Wildman–Crippen LogP) is 4.21. The number of ether oxygens (including phenoxy) is 1. The fraction of sp³-hybridized carbons (Fsp3) is 0.381. The van der Waals surface area contributed by atoms with Crippen molar-refractivity contribution < 1.29 is 13.9 Å². The van der Waals surface area contributed by atoms with Crippen molar-refractivity contribution in [2.75, 3.05) is 18.5 Å². The van der Waals surface area contributed by atoms with Crippen LogP contribution in [-0.4, -0.2) is 19.1 Å². The van der Waals surface area contributed by atoms with Crippen LogP contribution < -0.4 is 15.4 Å². The summed E-state index contributed by atoms with van der Waals surface area (Å²) in [4.78, 5) is 12.3. The first-order valence-corrected chi connectivity index (χ1v) is 8.89. The quantitative estimate of drug-likeness (QED) is 0.819. The molecule has 0 saturated carbocycles. The van der Waals surface area contributed by atoms with Gasteiger partial charge in [0.2, 0.25) is 0 Å². The third kappa shape index (κ3) is 4.99. The van der Waals surface area contributed by atoms with E-state index in [0.29, 0.717) is 24.3 Å². The molecular formula is C21H26ClFN2O2. The molecule has 2 aromatic carbocycles. The molecule has 1 amide bonds. The maximum absolute atomic E-state index is 14.6. The zero-order valence-corrected chi connectivity index (χ0v) is 16.7. The number of hydrogen-bond donors (Lipinski definition) is 2. The molecule has 1 heterocycles. The third-order valence-corrected chi connectivity index (χ3v) is 4.54. The lowest BCUT2D eigenvalue weighted by atomic mass is 9.86. The molecule has 0 spiro atoms. The summed E-state index contributed by atoms with van der Waals surface area (Å²) >= 11 is 0. The van der Waals surface area contributed by atoms with Crippen molar-refractivity contribution in [2.24, 2.45) is 0 Å². The molecule has 0 atom stereocenters. The molecule has 0 aromatic heterocycles. The van der Waals surface area contributed by atoms with Crippen molar-refractivity contribution in [3.05, 3.63) is 58.9 Å². The molecule has 1 aliphatic heterocycles. The minimum Gasteiger partial charge on any atom is -0.483 e. The number of rotatable bonds is 4. The van der Waals surface area contributed by atoms with Gasteiger partial charge in [-0.3, -0.25) is 4.79 Å². The van der Waals surface area contributed by atoms with Gasteiger partial charge in [0.15, 0.2) is 6.61 Å². The van der Waals surface area contributed by atoms with Gasteiger partial charge in [-0.25, -0.2) is 4.39 Å². The van der Waals surface area contributed by atoms with Crippen molar-refractivity contribution in [1.82, 2.24) is 5.32 Å². The summed E-state index contributed by atoms with van der Waals surface area (Å²) < 4.78 is 20.3. The summed E-state index contributed by atoms with van der Waals surface area (Å²) in [6, 6.07) is 11.1. The van der Waals surface area contributed by atoms with E-state index in [2.05, 4.69) is 31.4 Å². The molecule has 0 fully saturated rings. The molecule has 4 nitrogen and oxygen atoms in total. The van der Waals surface area contributed by atoms with Crippen molar-refractivity contribution in [3.63, 3.8) is 0 Å². The van der Waals surface area contributed by atoms with E-state index >= 15 is 0 Å². The second kappa shape index (κ2) is 8.72. The van der Waals surface area contributed by atoms with Crippen LogP contribution in [-0.2, 0) is 23.2 Å². The lowest BCUT2D eigenvalue weighted by Gasteiger charge is -2.22. The molecule has 3 rings (SSSR count). The molecule has 2 N–H and O–H groups in total. The van der Waals surface area contributed by atoms with E-state index in [1.54, 1.807) is 6.07 Å². The second-order valence-corrected chi connectivity index (χ2v) is 7.57. The molecule has 0 aliphatic carbocycles. The second-order valence-electron chi connectivity index (χ2n) is 7.57. The molecule has 0 saturated heterocycles. The Morgan fingerprint density at radius 3 is 2.70 bits per heavy atom. The highest BCUT2D eigenvalue weighted by molar-refractivity contribution is 5.92. The number of benzene rings is 2. The number of anilines is 1. The van der Waals surface area contributed by atoms with Crippen LogP contribution in [0.5, 0.6) is 5.75 Å². The highest BCUT2D eigenvalue weighted by atomic mass is 35.5. The van der Waals surface area contributed by atoms with E-state index in [0.717, 1.165) is 17.7 Å². The minimum atomic E-state index is -0.374. The summed E-state index contributed by atoms with van der Waals surface area (Å²) in [6.07, 6.45) is 0.625. The number of nitrogens with one attached hydrogen (secondary N) is 2. The summed E-state index contributed by atoms with van der Waals surface area (Å²) in [5.74, 6) is -0.0407. The Morgan fingerprint density at radius 2 is 1.96 bits per heavy atom. The van der Waals surface area contributed by atoms with E-state index in [1.165, 1.54) is 0 Å². The predicted molar refractivity (Wildman–Crippen MR) is 108 cm³/mol. The Bertz CT molecular complexity index is 818. The number of fused-ring (bicyclic) bond motifs is 1. The molecule has 146 valence electrons. The first-order chi connectivity index (χ1) is 12.4. The Kier molecular flexibility index (Phi) is 6.84. The van der Waals surface area contributed by atoms with Crippen LogP contribution in [0.25, 0.3) is 0 Å². The van der Waals surface area contributed by atoms with Crippen molar-refractivity contribution in [2.45, 2.75) is 39.2 Å². The van der Waals surface area contributed by atoms with Crippen LogP contribution in [0.4, 0.5) is 10.1 Å². The highest BCUT2D eigenvalue weighted by Crippen LogP contribution is 2.31. The van der Waals surface area contributed by atoms with Gasteiger partial charge in [-0.15, -0.1) is 12.4 Å². The van der Waals surface area contributed by atoms with E-state index in [-0.39, 0.29) is 41.8 Å². The van der Waals surface area contributed by atoms with Crippen molar-refractivity contribution in [3.8, 4) is 5.75 Å². The molecule has 27 heavy (non-hydrogen) atoms. The molecule has 6 heteroatoms. The van der Waals surface area contributed by atoms with Gasteiger partial charge in [0.25, 0.3) is 5.91 Å². The Labute approximate surface area is 165 Å². The largest absolute Gasteiger partial charge is 0.483 e. The lowest BCUT2D eigenvalue weighted by molar-refractivity contribution is -0.118. The number of para-hydroxylation sites is 1. The van der Waals surface area contributed by atoms with Gasteiger partial charge < -0.3 is 15.4 Å². The lowest BCUT2D eigenvalue weighted by Crippen LogP contribution is -2.26. The number of halogens is 2.